The Morgan fingerprint density at radius 2 is 2.23 bits per heavy atom. The summed E-state index contributed by atoms with van der Waals surface area (Å²) in [6.07, 6.45) is 1.32. The first-order valence-corrected chi connectivity index (χ1v) is 5.87. The summed E-state index contributed by atoms with van der Waals surface area (Å²) in [5.74, 6) is 0. The first-order valence-electron chi connectivity index (χ1n) is 4.93. The van der Waals surface area contributed by atoms with Crippen molar-refractivity contribution in [1.82, 2.24) is 5.32 Å². The Hall–Kier alpha value is 0.230. The minimum atomic E-state index is -0.169. The molecule has 2 saturated heterocycles. The van der Waals surface area contributed by atoms with Gasteiger partial charge >= 0.3 is 0 Å². The zero-order valence-corrected chi connectivity index (χ0v) is 8.72. The van der Waals surface area contributed by atoms with Crippen molar-refractivity contribution in [3.8, 4) is 0 Å². The molecule has 2 rings (SSSR count). The Morgan fingerprint density at radius 3 is 2.77 bits per heavy atom. The monoisotopic (exact) mass is 203 g/mol. The summed E-state index contributed by atoms with van der Waals surface area (Å²) < 4.78 is 5.49. The van der Waals surface area contributed by atoms with Gasteiger partial charge in [-0.1, -0.05) is 0 Å². The molecular formula is C9H17NO2S. The molecule has 0 aromatic heterocycles. The third-order valence-corrected chi connectivity index (χ3v) is 4.58. The third kappa shape index (κ3) is 2.18. The molecular weight excluding hydrogens is 186 g/mol. The number of hydrogen-bond acceptors (Lipinski definition) is 4. The minimum absolute atomic E-state index is 0.169. The number of aliphatic hydroxyl groups excluding tert-OH is 1. The van der Waals surface area contributed by atoms with Crippen LogP contribution in [0.1, 0.15) is 13.3 Å². The van der Waals surface area contributed by atoms with Crippen molar-refractivity contribution in [2.24, 2.45) is 0 Å². The first-order chi connectivity index (χ1) is 6.27. The van der Waals surface area contributed by atoms with E-state index >= 15 is 0 Å². The molecule has 76 valence electrons. The molecule has 2 N–H and O–H groups in total. The van der Waals surface area contributed by atoms with Gasteiger partial charge in [-0.25, -0.2) is 0 Å². The molecule has 0 saturated carbocycles. The normalized spacial score (nSPS) is 45.7. The summed E-state index contributed by atoms with van der Waals surface area (Å²) in [4.78, 5) is 0. The van der Waals surface area contributed by atoms with E-state index in [4.69, 9.17) is 4.74 Å². The lowest BCUT2D eigenvalue weighted by Gasteiger charge is -2.19. The van der Waals surface area contributed by atoms with Gasteiger partial charge in [0.1, 0.15) is 0 Å². The van der Waals surface area contributed by atoms with Gasteiger partial charge in [-0.05, 0) is 13.3 Å². The second-order valence-electron chi connectivity index (χ2n) is 3.80. The largest absolute Gasteiger partial charge is 0.391 e. The predicted octanol–water partition coefficient (Wildman–Crippen LogP) is 0.230. The lowest BCUT2D eigenvalue weighted by Crippen LogP contribution is -2.25. The van der Waals surface area contributed by atoms with Crippen LogP contribution in [-0.2, 0) is 4.74 Å². The van der Waals surface area contributed by atoms with Crippen LogP contribution in [0.2, 0.25) is 0 Å². The van der Waals surface area contributed by atoms with Gasteiger partial charge in [0.2, 0.25) is 0 Å². The number of β-amino-alcohol motifs (C(OH)–C–C–N with tert-alkyl or cyclic N) is 1. The van der Waals surface area contributed by atoms with Crippen LogP contribution in [0.5, 0.6) is 0 Å². The van der Waals surface area contributed by atoms with E-state index in [1.165, 1.54) is 0 Å². The number of hydrogen-bond donors (Lipinski definition) is 2. The van der Waals surface area contributed by atoms with E-state index in [1.54, 1.807) is 0 Å². The van der Waals surface area contributed by atoms with Crippen molar-refractivity contribution in [2.45, 2.75) is 36.1 Å². The molecule has 0 aromatic carbocycles. The van der Waals surface area contributed by atoms with Gasteiger partial charge in [-0.15, -0.1) is 11.8 Å². The van der Waals surface area contributed by atoms with Crippen LogP contribution < -0.4 is 5.32 Å². The van der Waals surface area contributed by atoms with Crippen LogP contribution in [-0.4, -0.2) is 47.5 Å². The van der Waals surface area contributed by atoms with Crippen LogP contribution in [0.15, 0.2) is 0 Å². The maximum Gasteiger partial charge on any atom is 0.0795 e. The fourth-order valence-electron chi connectivity index (χ4n) is 1.90. The van der Waals surface area contributed by atoms with Crippen LogP contribution in [0, 0.1) is 0 Å². The first kappa shape index (κ1) is 9.77. The molecule has 0 radical (unpaired) electrons. The van der Waals surface area contributed by atoms with Gasteiger partial charge in [-0.3, -0.25) is 0 Å². The van der Waals surface area contributed by atoms with Crippen molar-refractivity contribution in [3.63, 3.8) is 0 Å². The Balaban J connectivity index is 1.82. The van der Waals surface area contributed by atoms with E-state index in [2.05, 4.69) is 12.2 Å². The maximum absolute atomic E-state index is 9.61. The van der Waals surface area contributed by atoms with Crippen LogP contribution >= 0.6 is 11.8 Å². The Kier molecular flexibility index (Phi) is 3.14. The van der Waals surface area contributed by atoms with Crippen LogP contribution in [0.4, 0.5) is 0 Å². The zero-order valence-electron chi connectivity index (χ0n) is 7.90. The quantitative estimate of drug-likeness (QED) is 0.674. The Bertz CT molecular complexity index is 161. The molecule has 0 aromatic rings. The number of nitrogens with one attached hydrogen (secondary N) is 1. The number of thioether (sulfide) groups is 1. The summed E-state index contributed by atoms with van der Waals surface area (Å²) in [7, 11) is 0. The van der Waals surface area contributed by atoms with E-state index in [0.717, 1.165) is 26.1 Å². The number of aliphatic hydroxyl groups is 1. The maximum atomic E-state index is 9.61. The molecule has 0 aliphatic carbocycles. The predicted molar refractivity (Wildman–Crippen MR) is 54.1 cm³/mol. The summed E-state index contributed by atoms with van der Waals surface area (Å²) in [6.45, 7) is 4.70. The van der Waals surface area contributed by atoms with Gasteiger partial charge in [-0.2, -0.15) is 0 Å². The summed E-state index contributed by atoms with van der Waals surface area (Å²) in [5.41, 5.74) is 0. The van der Waals surface area contributed by atoms with Gasteiger partial charge in [0.05, 0.1) is 12.2 Å². The highest BCUT2D eigenvalue weighted by Gasteiger charge is 2.32. The van der Waals surface area contributed by atoms with Crippen molar-refractivity contribution in [1.29, 1.82) is 0 Å². The molecule has 3 nitrogen and oxygen atoms in total. The standard InChI is InChI=1S/C9H17NO2S/c1-6-8(2-3-12-6)13-9-5-10-4-7(9)11/h6-11H,2-5H2,1H3/t6?,7-,8?,9-/m1/s1. The van der Waals surface area contributed by atoms with Crippen molar-refractivity contribution < 1.29 is 9.84 Å². The molecule has 4 atom stereocenters. The summed E-state index contributed by atoms with van der Waals surface area (Å²) in [5, 5.41) is 13.8. The SMILES string of the molecule is CC1OCCC1S[C@@H]1CNC[C@H]1O. The highest BCUT2D eigenvalue weighted by molar-refractivity contribution is 8.00. The second kappa shape index (κ2) is 4.17. The van der Waals surface area contributed by atoms with E-state index < -0.39 is 0 Å². The van der Waals surface area contributed by atoms with Gasteiger partial charge in [0.25, 0.3) is 0 Å². The Morgan fingerprint density at radius 1 is 1.38 bits per heavy atom. The Labute approximate surface area is 83.2 Å². The van der Waals surface area contributed by atoms with E-state index in [-0.39, 0.29) is 6.10 Å². The topological polar surface area (TPSA) is 41.5 Å². The zero-order chi connectivity index (χ0) is 9.26. The van der Waals surface area contributed by atoms with E-state index in [1.807, 2.05) is 11.8 Å². The number of ether oxygens (including phenoxy) is 1. The summed E-state index contributed by atoms with van der Waals surface area (Å²) >= 11 is 1.89. The molecule has 2 unspecified atom stereocenters. The molecule has 2 fully saturated rings. The fraction of sp³-hybridized carbons (Fsp3) is 1.00. The molecule has 4 heteroatoms. The average Bonchev–Trinajstić information content (AvgIpc) is 2.65. The fourth-order valence-corrected chi connectivity index (χ4v) is 3.37. The molecule has 2 heterocycles. The van der Waals surface area contributed by atoms with Crippen LogP contribution in [0.3, 0.4) is 0 Å². The molecule has 13 heavy (non-hydrogen) atoms. The lowest BCUT2D eigenvalue weighted by atomic mass is 10.2. The van der Waals surface area contributed by atoms with Gasteiger partial charge in [0, 0.05) is 30.2 Å². The third-order valence-electron chi connectivity index (χ3n) is 2.78. The lowest BCUT2D eigenvalue weighted by molar-refractivity contribution is 0.127. The highest BCUT2D eigenvalue weighted by atomic mass is 32.2. The van der Waals surface area contributed by atoms with Crippen molar-refractivity contribution in [3.05, 3.63) is 0 Å². The smallest absolute Gasteiger partial charge is 0.0795 e. The molecule has 0 bridgehead atoms. The molecule has 0 amide bonds. The number of rotatable bonds is 2. The van der Waals surface area contributed by atoms with Crippen molar-refractivity contribution >= 4 is 11.8 Å². The van der Waals surface area contributed by atoms with Gasteiger partial charge in [0.15, 0.2) is 0 Å². The van der Waals surface area contributed by atoms with E-state index in [0.29, 0.717) is 16.6 Å². The van der Waals surface area contributed by atoms with Crippen molar-refractivity contribution in [2.75, 3.05) is 19.7 Å². The molecule has 2 aliphatic rings. The molecule has 2 aliphatic heterocycles. The highest BCUT2D eigenvalue weighted by Crippen LogP contribution is 2.31. The second-order valence-corrected chi connectivity index (χ2v) is 5.29. The van der Waals surface area contributed by atoms with E-state index in [9.17, 15) is 5.11 Å². The average molecular weight is 203 g/mol. The summed E-state index contributed by atoms with van der Waals surface area (Å²) in [6, 6.07) is 0. The van der Waals surface area contributed by atoms with Gasteiger partial charge < -0.3 is 15.2 Å². The minimum Gasteiger partial charge on any atom is -0.391 e. The van der Waals surface area contributed by atoms with Crippen LogP contribution in [0.25, 0.3) is 0 Å². The molecule has 0 spiro atoms.